The van der Waals surface area contributed by atoms with E-state index in [0.29, 0.717) is 12.1 Å². The highest BCUT2D eigenvalue weighted by Gasteiger charge is 2.11. The summed E-state index contributed by atoms with van der Waals surface area (Å²) in [6, 6.07) is 9.99. The molecule has 0 bridgehead atoms. The third-order valence-electron chi connectivity index (χ3n) is 3.82. The molecular formula is C17H20N4O. The lowest BCUT2D eigenvalue weighted by atomic mass is 10.1. The van der Waals surface area contributed by atoms with Crippen molar-refractivity contribution in [3.63, 3.8) is 0 Å². The molecule has 1 amide bonds. The SMILES string of the molecule is CN(C)c1ccc(C(=O)NCc2ccc3c(c2)CNC3)cn1. The summed E-state index contributed by atoms with van der Waals surface area (Å²) < 4.78 is 0. The summed E-state index contributed by atoms with van der Waals surface area (Å²) in [4.78, 5) is 18.3. The third-order valence-corrected chi connectivity index (χ3v) is 3.82. The van der Waals surface area contributed by atoms with Gasteiger partial charge in [0.25, 0.3) is 5.91 Å². The minimum absolute atomic E-state index is 0.101. The average molecular weight is 296 g/mol. The number of nitrogens with one attached hydrogen (secondary N) is 2. The number of carbonyl (C=O) groups is 1. The van der Waals surface area contributed by atoms with E-state index < -0.39 is 0 Å². The maximum atomic E-state index is 12.2. The van der Waals surface area contributed by atoms with Crippen LogP contribution in [0.15, 0.2) is 36.5 Å². The Morgan fingerprint density at radius 2 is 2.05 bits per heavy atom. The van der Waals surface area contributed by atoms with Crippen molar-refractivity contribution >= 4 is 11.7 Å². The van der Waals surface area contributed by atoms with Crippen molar-refractivity contribution in [3.05, 3.63) is 58.8 Å². The molecule has 2 aromatic rings. The van der Waals surface area contributed by atoms with Gasteiger partial charge in [-0.25, -0.2) is 4.98 Å². The van der Waals surface area contributed by atoms with E-state index in [1.165, 1.54) is 11.1 Å². The van der Waals surface area contributed by atoms with Crippen LogP contribution in [0.1, 0.15) is 27.0 Å². The molecule has 0 atom stereocenters. The fourth-order valence-corrected chi connectivity index (χ4v) is 2.53. The largest absolute Gasteiger partial charge is 0.363 e. The van der Waals surface area contributed by atoms with Gasteiger partial charge in [-0.2, -0.15) is 0 Å². The van der Waals surface area contributed by atoms with Crippen molar-refractivity contribution < 1.29 is 4.79 Å². The van der Waals surface area contributed by atoms with Gasteiger partial charge >= 0.3 is 0 Å². The van der Waals surface area contributed by atoms with Gasteiger partial charge < -0.3 is 15.5 Å². The summed E-state index contributed by atoms with van der Waals surface area (Å²) in [5.74, 6) is 0.735. The third kappa shape index (κ3) is 3.09. The molecule has 2 heterocycles. The summed E-state index contributed by atoms with van der Waals surface area (Å²) in [5, 5.41) is 6.26. The topological polar surface area (TPSA) is 57.3 Å². The van der Waals surface area contributed by atoms with Crippen LogP contribution in [-0.2, 0) is 19.6 Å². The molecule has 0 fully saturated rings. The molecule has 1 aromatic carbocycles. The number of carbonyl (C=O) groups excluding carboxylic acids is 1. The van der Waals surface area contributed by atoms with Gasteiger partial charge in [-0.1, -0.05) is 18.2 Å². The van der Waals surface area contributed by atoms with Gasteiger partial charge in [-0.15, -0.1) is 0 Å². The van der Waals surface area contributed by atoms with E-state index in [1.54, 1.807) is 12.3 Å². The Balaban J connectivity index is 1.62. The molecule has 0 unspecified atom stereocenters. The van der Waals surface area contributed by atoms with Gasteiger partial charge in [0.2, 0.25) is 0 Å². The Morgan fingerprint density at radius 3 is 2.77 bits per heavy atom. The van der Waals surface area contributed by atoms with Crippen molar-refractivity contribution in [1.29, 1.82) is 0 Å². The molecule has 2 N–H and O–H groups in total. The van der Waals surface area contributed by atoms with Crippen LogP contribution >= 0.6 is 0 Å². The van der Waals surface area contributed by atoms with Gasteiger partial charge in [0.15, 0.2) is 0 Å². The predicted octanol–water partition coefficient (Wildman–Crippen LogP) is 1.68. The first-order chi connectivity index (χ1) is 10.6. The van der Waals surface area contributed by atoms with Crippen LogP contribution < -0.4 is 15.5 Å². The molecule has 0 saturated heterocycles. The first-order valence-electron chi connectivity index (χ1n) is 7.36. The summed E-state index contributed by atoms with van der Waals surface area (Å²) in [6.07, 6.45) is 1.61. The second-order valence-corrected chi connectivity index (χ2v) is 5.69. The Bertz CT molecular complexity index is 680. The zero-order valence-corrected chi connectivity index (χ0v) is 12.9. The number of fused-ring (bicyclic) bond motifs is 1. The lowest BCUT2D eigenvalue weighted by Crippen LogP contribution is -2.23. The number of rotatable bonds is 4. The molecular weight excluding hydrogens is 276 g/mol. The summed E-state index contributed by atoms with van der Waals surface area (Å²) in [7, 11) is 3.84. The van der Waals surface area contributed by atoms with Crippen LogP contribution in [0.2, 0.25) is 0 Å². The Labute approximate surface area is 130 Å². The summed E-state index contributed by atoms with van der Waals surface area (Å²) in [6.45, 7) is 2.38. The standard InChI is InChI=1S/C17H20N4O/c1-21(2)16-6-5-14(11-19-16)17(22)20-8-12-3-4-13-9-18-10-15(13)7-12/h3-7,11,18H,8-10H2,1-2H3,(H,20,22). The number of anilines is 1. The van der Waals surface area contributed by atoms with Gasteiger partial charge in [0.05, 0.1) is 5.56 Å². The first-order valence-corrected chi connectivity index (χ1v) is 7.36. The number of aromatic nitrogens is 1. The molecule has 1 aliphatic heterocycles. The van der Waals surface area contributed by atoms with Crippen LogP contribution in [0, 0.1) is 0 Å². The first kappa shape index (κ1) is 14.5. The Hall–Kier alpha value is -2.40. The Morgan fingerprint density at radius 1 is 1.23 bits per heavy atom. The number of pyridine rings is 1. The van der Waals surface area contributed by atoms with Crippen molar-refractivity contribution in [1.82, 2.24) is 15.6 Å². The lowest BCUT2D eigenvalue weighted by Gasteiger charge is -2.11. The maximum Gasteiger partial charge on any atom is 0.253 e. The van der Waals surface area contributed by atoms with Crippen molar-refractivity contribution in [3.8, 4) is 0 Å². The smallest absolute Gasteiger partial charge is 0.253 e. The number of hydrogen-bond donors (Lipinski definition) is 2. The highest BCUT2D eigenvalue weighted by Crippen LogP contribution is 2.17. The van der Waals surface area contributed by atoms with E-state index in [1.807, 2.05) is 25.1 Å². The van der Waals surface area contributed by atoms with Gasteiger partial charge in [0, 0.05) is 39.9 Å². The van der Waals surface area contributed by atoms with E-state index in [2.05, 4.69) is 33.8 Å². The molecule has 1 aliphatic rings. The van der Waals surface area contributed by atoms with Crippen LogP contribution in [0.5, 0.6) is 0 Å². The fourth-order valence-electron chi connectivity index (χ4n) is 2.53. The molecule has 114 valence electrons. The van der Waals surface area contributed by atoms with Gasteiger partial charge in [0.1, 0.15) is 5.82 Å². The molecule has 0 spiro atoms. The van der Waals surface area contributed by atoms with Gasteiger partial charge in [-0.3, -0.25) is 4.79 Å². The van der Waals surface area contributed by atoms with Crippen molar-refractivity contribution in [2.75, 3.05) is 19.0 Å². The fraction of sp³-hybridized carbons (Fsp3) is 0.294. The van der Waals surface area contributed by atoms with Gasteiger partial charge in [-0.05, 0) is 28.8 Å². The molecule has 0 saturated carbocycles. The molecule has 0 aliphatic carbocycles. The number of nitrogens with zero attached hydrogens (tertiary/aromatic N) is 2. The van der Waals surface area contributed by atoms with E-state index in [9.17, 15) is 4.79 Å². The maximum absolute atomic E-state index is 12.2. The van der Waals surface area contributed by atoms with Crippen LogP contribution in [0.25, 0.3) is 0 Å². The van der Waals surface area contributed by atoms with E-state index >= 15 is 0 Å². The van der Waals surface area contributed by atoms with E-state index in [0.717, 1.165) is 24.5 Å². The molecule has 22 heavy (non-hydrogen) atoms. The molecule has 3 rings (SSSR count). The molecule has 0 radical (unpaired) electrons. The van der Waals surface area contributed by atoms with E-state index in [-0.39, 0.29) is 5.91 Å². The monoisotopic (exact) mass is 296 g/mol. The highest BCUT2D eigenvalue weighted by atomic mass is 16.1. The van der Waals surface area contributed by atoms with Crippen LogP contribution in [-0.4, -0.2) is 25.0 Å². The predicted molar refractivity (Wildman–Crippen MR) is 86.7 cm³/mol. The second-order valence-electron chi connectivity index (χ2n) is 5.69. The molecule has 5 nitrogen and oxygen atoms in total. The summed E-state index contributed by atoms with van der Waals surface area (Å²) in [5.41, 5.74) is 4.37. The second kappa shape index (κ2) is 6.15. The molecule has 5 heteroatoms. The minimum Gasteiger partial charge on any atom is -0.363 e. The highest BCUT2D eigenvalue weighted by molar-refractivity contribution is 5.94. The lowest BCUT2D eigenvalue weighted by molar-refractivity contribution is 0.0950. The summed E-state index contributed by atoms with van der Waals surface area (Å²) >= 11 is 0. The Kier molecular flexibility index (Phi) is 4.06. The zero-order chi connectivity index (χ0) is 15.5. The number of benzene rings is 1. The number of amides is 1. The van der Waals surface area contributed by atoms with E-state index in [4.69, 9.17) is 0 Å². The quantitative estimate of drug-likeness (QED) is 0.901. The van der Waals surface area contributed by atoms with Crippen LogP contribution in [0.4, 0.5) is 5.82 Å². The van der Waals surface area contributed by atoms with Crippen molar-refractivity contribution in [2.45, 2.75) is 19.6 Å². The zero-order valence-electron chi connectivity index (χ0n) is 12.9. The van der Waals surface area contributed by atoms with Crippen LogP contribution in [0.3, 0.4) is 0 Å². The normalized spacial score (nSPS) is 12.8. The van der Waals surface area contributed by atoms with Crippen molar-refractivity contribution in [2.24, 2.45) is 0 Å². The molecule has 1 aromatic heterocycles. The number of hydrogen-bond acceptors (Lipinski definition) is 4. The minimum atomic E-state index is -0.101. The average Bonchev–Trinajstić information content (AvgIpc) is 3.00.